The Kier molecular flexibility index (Phi) is 5.00. The number of carbonyl (C=O) groups is 2. The molecule has 1 saturated carbocycles. The molecule has 1 aliphatic carbocycles. The lowest BCUT2D eigenvalue weighted by atomic mass is 10.1. The number of hydrogen-bond acceptors (Lipinski definition) is 3. The summed E-state index contributed by atoms with van der Waals surface area (Å²) in [6, 6.07) is 7.38. The van der Waals surface area contributed by atoms with E-state index in [0.29, 0.717) is 25.1 Å². The van der Waals surface area contributed by atoms with Crippen LogP contribution in [0.4, 0.5) is 5.69 Å². The van der Waals surface area contributed by atoms with E-state index in [-0.39, 0.29) is 11.8 Å². The fraction of sp³-hybridized carbons (Fsp3) is 0.467. The summed E-state index contributed by atoms with van der Waals surface area (Å²) in [5.74, 6) is -0.398. The molecule has 0 atom stereocenters. The van der Waals surface area contributed by atoms with Crippen molar-refractivity contribution in [2.45, 2.75) is 12.8 Å². The van der Waals surface area contributed by atoms with Crippen molar-refractivity contribution >= 4 is 33.4 Å². The number of anilines is 1. The highest BCUT2D eigenvalue weighted by molar-refractivity contribution is 9.10. The molecule has 21 heavy (non-hydrogen) atoms. The van der Waals surface area contributed by atoms with Gasteiger partial charge in [0.05, 0.1) is 5.69 Å². The molecule has 2 N–H and O–H groups in total. The van der Waals surface area contributed by atoms with E-state index in [1.165, 1.54) is 0 Å². The lowest BCUT2D eigenvalue weighted by Crippen LogP contribution is -2.42. The first kappa shape index (κ1) is 16.0. The molecule has 1 aliphatic rings. The number of halogens is 1. The van der Waals surface area contributed by atoms with Crippen LogP contribution in [0.25, 0.3) is 0 Å². The lowest BCUT2D eigenvalue weighted by Gasteiger charge is -2.17. The molecular weight excluding hydrogens is 334 g/mol. The number of likely N-dealkylation sites (N-methyl/N-ethyl adjacent to an activating group) is 1. The van der Waals surface area contributed by atoms with Gasteiger partial charge < -0.3 is 15.5 Å². The Bertz CT molecular complexity index is 541. The van der Waals surface area contributed by atoms with Gasteiger partial charge in [0.2, 0.25) is 11.8 Å². The number of hydrogen-bond donors (Lipinski definition) is 2. The minimum atomic E-state index is -0.887. The van der Waals surface area contributed by atoms with Crippen molar-refractivity contribution < 1.29 is 9.59 Å². The van der Waals surface area contributed by atoms with E-state index >= 15 is 0 Å². The minimum Gasteiger partial charge on any atom is -0.354 e. The Labute approximate surface area is 133 Å². The Morgan fingerprint density at radius 3 is 2.48 bits per heavy atom. The standard InChI is InChI=1S/C15H20BrN3O2/c1-19(2)10-9-17-13(20)15(7-8-15)14(21)18-12-6-4-3-5-11(12)16/h3-6H,7-10H2,1-2H3,(H,17,20)(H,18,21). The molecule has 0 aromatic heterocycles. The van der Waals surface area contributed by atoms with Gasteiger partial charge in [0.15, 0.2) is 0 Å². The van der Waals surface area contributed by atoms with Crippen LogP contribution in [0.1, 0.15) is 12.8 Å². The molecule has 0 spiro atoms. The van der Waals surface area contributed by atoms with Gasteiger partial charge in [-0.25, -0.2) is 0 Å². The number of nitrogens with one attached hydrogen (secondary N) is 2. The van der Waals surface area contributed by atoms with Crippen LogP contribution in [0.2, 0.25) is 0 Å². The third-order valence-corrected chi connectivity index (χ3v) is 4.28. The number of nitrogens with zero attached hydrogens (tertiary/aromatic N) is 1. The van der Waals surface area contributed by atoms with Gasteiger partial charge in [-0.05, 0) is 55.0 Å². The average molecular weight is 354 g/mol. The van der Waals surface area contributed by atoms with Crippen LogP contribution in [-0.2, 0) is 9.59 Å². The van der Waals surface area contributed by atoms with Gasteiger partial charge in [-0.2, -0.15) is 0 Å². The zero-order valence-corrected chi connectivity index (χ0v) is 13.9. The lowest BCUT2D eigenvalue weighted by molar-refractivity contribution is -0.134. The summed E-state index contributed by atoms with van der Waals surface area (Å²) in [4.78, 5) is 26.6. The molecule has 114 valence electrons. The third kappa shape index (κ3) is 3.83. The quantitative estimate of drug-likeness (QED) is 0.767. The first-order valence-corrected chi connectivity index (χ1v) is 7.74. The summed E-state index contributed by atoms with van der Waals surface area (Å²) < 4.78 is 0.808. The number of amides is 2. The third-order valence-electron chi connectivity index (χ3n) is 3.59. The minimum absolute atomic E-state index is 0.172. The molecule has 2 amide bonds. The van der Waals surface area contributed by atoms with E-state index in [1.807, 2.05) is 43.3 Å². The Morgan fingerprint density at radius 1 is 1.24 bits per heavy atom. The van der Waals surface area contributed by atoms with Crippen molar-refractivity contribution in [3.05, 3.63) is 28.7 Å². The van der Waals surface area contributed by atoms with Gasteiger partial charge in [-0.15, -0.1) is 0 Å². The summed E-state index contributed by atoms with van der Waals surface area (Å²) in [5.41, 5.74) is -0.198. The SMILES string of the molecule is CN(C)CCNC(=O)C1(C(=O)Nc2ccccc2Br)CC1. The molecule has 6 heteroatoms. The number of para-hydroxylation sites is 1. The van der Waals surface area contributed by atoms with Crippen LogP contribution in [0.15, 0.2) is 28.7 Å². The first-order valence-electron chi connectivity index (χ1n) is 6.95. The van der Waals surface area contributed by atoms with Crippen molar-refractivity contribution in [1.82, 2.24) is 10.2 Å². The summed E-state index contributed by atoms with van der Waals surface area (Å²) >= 11 is 3.39. The van der Waals surface area contributed by atoms with E-state index in [2.05, 4.69) is 26.6 Å². The van der Waals surface area contributed by atoms with Crippen LogP contribution in [-0.4, -0.2) is 43.9 Å². The van der Waals surface area contributed by atoms with Gasteiger partial charge >= 0.3 is 0 Å². The molecule has 5 nitrogen and oxygen atoms in total. The highest BCUT2D eigenvalue weighted by atomic mass is 79.9. The molecular formula is C15H20BrN3O2. The van der Waals surface area contributed by atoms with Gasteiger partial charge in [0.1, 0.15) is 5.41 Å². The van der Waals surface area contributed by atoms with Crippen molar-refractivity contribution in [2.24, 2.45) is 5.41 Å². The fourth-order valence-corrected chi connectivity index (χ4v) is 2.43. The van der Waals surface area contributed by atoms with E-state index < -0.39 is 5.41 Å². The molecule has 0 radical (unpaired) electrons. The zero-order chi connectivity index (χ0) is 15.5. The van der Waals surface area contributed by atoms with Crippen LogP contribution < -0.4 is 10.6 Å². The molecule has 1 fully saturated rings. The normalized spacial score (nSPS) is 15.6. The maximum Gasteiger partial charge on any atom is 0.240 e. The van der Waals surface area contributed by atoms with Crippen molar-refractivity contribution in [2.75, 3.05) is 32.5 Å². The van der Waals surface area contributed by atoms with Crippen molar-refractivity contribution in [3.63, 3.8) is 0 Å². The van der Waals surface area contributed by atoms with E-state index in [4.69, 9.17) is 0 Å². The molecule has 1 aromatic carbocycles. The van der Waals surface area contributed by atoms with Crippen molar-refractivity contribution in [1.29, 1.82) is 0 Å². The van der Waals surface area contributed by atoms with E-state index in [0.717, 1.165) is 11.0 Å². The second-order valence-corrected chi connectivity index (χ2v) is 6.43. The second kappa shape index (κ2) is 6.58. The highest BCUT2D eigenvalue weighted by Crippen LogP contribution is 2.47. The number of carbonyl (C=O) groups excluding carboxylic acids is 2. The molecule has 0 bridgehead atoms. The molecule has 1 aromatic rings. The first-order chi connectivity index (χ1) is 9.95. The van der Waals surface area contributed by atoms with Gasteiger partial charge in [0, 0.05) is 17.6 Å². The monoisotopic (exact) mass is 353 g/mol. The topological polar surface area (TPSA) is 61.4 Å². The van der Waals surface area contributed by atoms with Crippen LogP contribution in [0.3, 0.4) is 0 Å². The Balaban J connectivity index is 1.95. The maximum absolute atomic E-state index is 12.4. The average Bonchev–Trinajstić information content (AvgIpc) is 3.22. The van der Waals surface area contributed by atoms with Gasteiger partial charge in [-0.3, -0.25) is 9.59 Å². The largest absolute Gasteiger partial charge is 0.354 e. The molecule has 0 aliphatic heterocycles. The van der Waals surface area contributed by atoms with E-state index in [9.17, 15) is 9.59 Å². The van der Waals surface area contributed by atoms with Crippen LogP contribution in [0, 0.1) is 5.41 Å². The summed E-state index contributed by atoms with van der Waals surface area (Å²) in [7, 11) is 3.89. The van der Waals surface area contributed by atoms with Gasteiger partial charge in [-0.1, -0.05) is 12.1 Å². The molecule has 0 heterocycles. The fourth-order valence-electron chi connectivity index (χ4n) is 2.05. The maximum atomic E-state index is 12.4. The summed E-state index contributed by atoms with van der Waals surface area (Å²) in [6.07, 6.45) is 1.22. The smallest absolute Gasteiger partial charge is 0.240 e. The Morgan fingerprint density at radius 2 is 1.90 bits per heavy atom. The van der Waals surface area contributed by atoms with Crippen LogP contribution in [0.5, 0.6) is 0 Å². The van der Waals surface area contributed by atoms with Crippen molar-refractivity contribution in [3.8, 4) is 0 Å². The highest BCUT2D eigenvalue weighted by Gasteiger charge is 2.56. The second-order valence-electron chi connectivity index (χ2n) is 5.58. The molecule has 2 rings (SSSR count). The Hall–Kier alpha value is -1.40. The van der Waals surface area contributed by atoms with Gasteiger partial charge in [0.25, 0.3) is 0 Å². The van der Waals surface area contributed by atoms with Crippen LogP contribution >= 0.6 is 15.9 Å². The predicted molar refractivity (Wildman–Crippen MR) is 86.0 cm³/mol. The number of benzene rings is 1. The predicted octanol–water partition coefficient (Wildman–Crippen LogP) is 1.85. The van der Waals surface area contributed by atoms with E-state index in [1.54, 1.807) is 0 Å². The summed E-state index contributed by atoms with van der Waals surface area (Å²) in [6.45, 7) is 1.31. The molecule has 0 saturated heterocycles. The summed E-state index contributed by atoms with van der Waals surface area (Å²) in [5, 5.41) is 5.68. The zero-order valence-electron chi connectivity index (χ0n) is 12.3. The molecule has 0 unspecified atom stereocenters. The number of rotatable bonds is 6.